The van der Waals surface area contributed by atoms with Crippen LogP contribution in [0.1, 0.15) is 142 Å². The molecule has 0 radical (unpaired) electrons. The highest BCUT2D eigenvalue weighted by atomic mass is 32.3. The van der Waals surface area contributed by atoms with Crippen molar-refractivity contribution in [3.8, 4) is 0 Å². The molecule has 12 heteroatoms. The van der Waals surface area contributed by atoms with Gasteiger partial charge < -0.3 is 9.47 Å². The van der Waals surface area contributed by atoms with E-state index in [0.29, 0.717) is 12.8 Å². The van der Waals surface area contributed by atoms with Crippen LogP contribution in [0, 0.1) is 5.41 Å². The van der Waals surface area contributed by atoms with Crippen molar-refractivity contribution in [3.63, 3.8) is 0 Å². The van der Waals surface area contributed by atoms with Crippen LogP contribution in [0.2, 0.25) is 0 Å². The lowest BCUT2D eigenvalue weighted by molar-refractivity contribution is -0.316. The summed E-state index contributed by atoms with van der Waals surface area (Å²) in [6.45, 7) is 2.99. The molecule has 0 bridgehead atoms. The third kappa shape index (κ3) is 19.0. The van der Waals surface area contributed by atoms with E-state index < -0.39 is 45.2 Å². The highest BCUT2D eigenvalue weighted by molar-refractivity contribution is 7.81. The van der Waals surface area contributed by atoms with Crippen molar-refractivity contribution in [1.29, 1.82) is 0 Å². The van der Waals surface area contributed by atoms with Gasteiger partial charge in [0.25, 0.3) is 0 Å². The van der Waals surface area contributed by atoms with Gasteiger partial charge >= 0.3 is 20.8 Å². The van der Waals surface area contributed by atoms with Crippen molar-refractivity contribution in [3.05, 3.63) is 0 Å². The van der Waals surface area contributed by atoms with Gasteiger partial charge in [0.1, 0.15) is 0 Å². The first kappa shape index (κ1) is 37.7. The summed E-state index contributed by atoms with van der Waals surface area (Å²) in [5.74, 6) is -0.859. The summed E-state index contributed by atoms with van der Waals surface area (Å²) < 4.78 is 84.4. The molecule has 40 heavy (non-hydrogen) atoms. The molecule has 1 fully saturated rings. The molecule has 0 unspecified atom stereocenters. The van der Waals surface area contributed by atoms with E-state index in [1.165, 1.54) is 77.0 Å². The van der Waals surface area contributed by atoms with Gasteiger partial charge in [0.05, 0.1) is 31.8 Å². The van der Waals surface area contributed by atoms with Crippen molar-refractivity contribution in [2.24, 2.45) is 5.41 Å². The largest absolute Gasteiger partial charge is 0.397 e. The minimum Gasteiger partial charge on any atom is -0.349 e. The maximum absolute atomic E-state index is 11.2. The predicted octanol–water partition coefficient (Wildman–Crippen LogP) is 7.20. The molecule has 0 saturated carbocycles. The van der Waals surface area contributed by atoms with Crippen LogP contribution in [0.4, 0.5) is 0 Å². The van der Waals surface area contributed by atoms with E-state index in [-0.39, 0.29) is 13.2 Å². The summed E-state index contributed by atoms with van der Waals surface area (Å²) in [6.07, 6.45) is 22.7. The molecule has 0 spiro atoms. The van der Waals surface area contributed by atoms with Gasteiger partial charge in [0.2, 0.25) is 0 Å². The van der Waals surface area contributed by atoms with E-state index in [1.54, 1.807) is 0 Å². The molecule has 1 aliphatic heterocycles. The second-order valence-electron chi connectivity index (χ2n) is 11.5. The van der Waals surface area contributed by atoms with Gasteiger partial charge in [-0.15, -0.1) is 0 Å². The first-order chi connectivity index (χ1) is 18.9. The smallest absolute Gasteiger partial charge is 0.349 e. The van der Waals surface area contributed by atoms with Crippen molar-refractivity contribution in [2.75, 3.05) is 26.4 Å². The summed E-state index contributed by atoms with van der Waals surface area (Å²) in [7, 11) is -9.57. The van der Waals surface area contributed by atoms with Crippen LogP contribution in [0.5, 0.6) is 0 Å². The average molecular weight is 617 g/mol. The summed E-state index contributed by atoms with van der Waals surface area (Å²) in [5.41, 5.74) is -1.34. The Hall–Kier alpha value is -0.340. The number of ether oxygens (including phenoxy) is 2. The summed E-state index contributed by atoms with van der Waals surface area (Å²) in [4.78, 5) is 0. The molecule has 240 valence electrons. The Morgan fingerprint density at radius 1 is 0.550 bits per heavy atom. The van der Waals surface area contributed by atoms with Crippen molar-refractivity contribution in [2.45, 2.75) is 148 Å². The Morgan fingerprint density at radius 3 is 1.15 bits per heavy atom. The second-order valence-corrected chi connectivity index (χ2v) is 13.7. The fourth-order valence-corrected chi connectivity index (χ4v) is 5.88. The van der Waals surface area contributed by atoms with Crippen LogP contribution in [0.15, 0.2) is 0 Å². The highest BCUT2D eigenvalue weighted by Crippen LogP contribution is 2.38. The van der Waals surface area contributed by atoms with Gasteiger partial charge in [-0.05, 0) is 12.8 Å². The quantitative estimate of drug-likeness (QED) is 0.0756. The molecule has 1 heterocycles. The van der Waals surface area contributed by atoms with E-state index in [0.717, 1.165) is 38.5 Å². The number of rotatable bonds is 26. The zero-order valence-electron chi connectivity index (χ0n) is 24.9. The lowest BCUT2D eigenvalue weighted by atomic mass is 9.89. The number of hydrogen-bond donors (Lipinski definition) is 2. The van der Waals surface area contributed by atoms with Crippen LogP contribution >= 0.6 is 0 Å². The zero-order valence-corrected chi connectivity index (χ0v) is 26.6. The first-order valence-corrected chi connectivity index (χ1v) is 18.2. The normalized spacial score (nSPS) is 17.3. The maximum atomic E-state index is 11.2. The molecule has 1 rings (SSSR count). The van der Waals surface area contributed by atoms with Gasteiger partial charge in [-0.1, -0.05) is 117 Å². The van der Waals surface area contributed by atoms with Gasteiger partial charge in [-0.2, -0.15) is 16.8 Å². The topological polar surface area (TPSA) is 146 Å². The van der Waals surface area contributed by atoms with Crippen LogP contribution in [0.3, 0.4) is 0 Å². The molecule has 0 aromatic rings. The minimum absolute atomic E-state index is 0.104. The maximum Gasteiger partial charge on any atom is 0.397 e. The average Bonchev–Trinajstić information content (AvgIpc) is 2.89. The molecule has 0 aliphatic carbocycles. The van der Waals surface area contributed by atoms with Gasteiger partial charge in [-0.3, -0.25) is 9.11 Å². The van der Waals surface area contributed by atoms with Crippen LogP contribution < -0.4 is 0 Å². The first-order valence-electron chi connectivity index (χ1n) is 15.5. The standard InChI is InChI=1S/C28H56O10S2/c1-3-5-7-9-11-13-15-17-19-21-28(22-20-18-16-14-12-10-8-6-4-2)35-23-27(24-36-28,25-37-39(29,30)31)26-38-40(32,33)34/h3-26H2,1-2H3,(H,29,30,31)(H,32,33,34). The van der Waals surface area contributed by atoms with Crippen molar-refractivity contribution >= 4 is 20.8 Å². The van der Waals surface area contributed by atoms with Crippen LogP contribution in [-0.2, 0) is 38.6 Å². The zero-order chi connectivity index (χ0) is 29.8. The highest BCUT2D eigenvalue weighted by Gasteiger charge is 2.46. The molecule has 0 amide bonds. The SMILES string of the molecule is CCCCCCCCCCCC1(CCCCCCCCCCC)OCC(COS(=O)(=O)O)(COS(=O)(=O)O)CO1. The molecule has 0 aromatic heterocycles. The second kappa shape index (κ2) is 20.5. The molecule has 1 aliphatic rings. The van der Waals surface area contributed by atoms with E-state index in [4.69, 9.17) is 18.6 Å². The Balaban J connectivity index is 2.67. The third-order valence-electron chi connectivity index (χ3n) is 7.63. The van der Waals surface area contributed by atoms with Crippen LogP contribution in [0.25, 0.3) is 0 Å². The van der Waals surface area contributed by atoms with E-state index >= 15 is 0 Å². The summed E-state index contributed by atoms with van der Waals surface area (Å²) >= 11 is 0. The van der Waals surface area contributed by atoms with Crippen LogP contribution in [-0.4, -0.2) is 58.2 Å². The predicted molar refractivity (Wildman–Crippen MR) is 156 cm³/mol. The Kier molecular flexibility index (Phi) is 19.4. The third-order valence-corrected chi connectivity index (χ3v) is 8.46. The van der Waals surface area contributed by atoms with Crippen molar-refractivity contribution in [1.82, 2.24) is 0 Å². The lowest BCUT2D eigenvalue weighted by Crippen LogP contribution is -2.54. The number of hydrogen-bond acceptors (Lipinski definition) is 8. The molecular formula is C28H56O10S2. The number of unbranched alkanes of at least 4 members (excludes halogenated alkanes) is 16. The molecule has 0 atom stereocenters. The Labute approximate surface area is 244 Å². The summed E-state index contributed by atoms with van der Waals surface area (Å²) in [5, 5.41) is 0. The van der Waals surface area contributed by atoms with Gasteiger partial charge in [0, 0.05) is 12.8 Å². The van der Waals surface area contributed by atoms with Crippen molar-refractivity contribution < 1.29 is 43.8 Å². The fourth-order valence-electron chi connectivity index (χ4n) is 5.08. The minimum atomic E-state index is -4.78. The van der Waals surface area contributed by atoms with E-state index in [1.807, 2.05) is 0 Å². The molecule has 10 nitrogen and oxygen atoms in total. The molecule has 1 saturated heterocycles. The molecule has 2 N–H and O–H groups in total. The lowest BCUT2D eigenvalue weighted by Gasteiger charge is -2.45. The van der Waals surface area contributed by atoms with Gasteiger partial charge in [0.15, 0.2) is 5.79 Å². The molecule has 0 aromatic carbocycles. The van der Waals surface area contributed by atoms with E-state index in [2.05, 4.69) is 22.2 Å². The summed E-state index contributed by atoms with van der Waals surface area (Å²) in [6, 6.07) is 0. The van der Waals surface area contributed by atoms with E-state index in [9.17, 15) is 16.8 Å². The monoisotopic (exact) mass is 616 g/mol. The Morgan fingerprint density at radius 2 is 0.850 bits per heavy atom. The van der Waals surface area contributed by atoms with Gasteiger partial charge in [-0.25, -0.2) is 8.37 Å². The Bertz CT molecular complexity index is 775. The fraction of sp³-hybridized carbons (Fsp3) is 1.00. The molecular weight excluding hydrogens is 560 g/mol.